The van der Waals surface area contributed by atoms with Crippen molar-refractivity contribution in [2.24, 2.45) is 0 Å². The minimum atomic E-state index is 0.693. The van der Waals surface area contributed by atoms with Crippen LogP contribution in [0, 0.1) is 0 Å². The van der Waals surface area contributed by atoms with Crippen molar-refractivity contribution in [1.29, 1.82) is 0 Å². The molecular formula is C12H10BrClN2. The summed E-state index contributed by atoms with van der Waals surface area (Å²) in [6, 6.07) is 11.5. The van der Waals surface area contributed by atoms with Crippen molar-refractivity contribution in [3.05, 3.63) is 57.7 Å². The number of aromatic nitrogens is 1. The van der Waals surface area contributed by atoms with Gasteiger partial charge in [0.2, 0.25) is 0 Å². The topological polar surface area (TPSA) is 24.9 Å². The van der Waals surface area contributed by atoms with Crippen LogP contribution in [0.1, 0.15) is 5.56 Å². The number of rotatable bonds is 3. The SMILES string of the molecule is Clc1ccc(Br)c(CNc2ccccn2)c1. The van der Waals surface area contributed by atoms with Crippen LogP contribution in [-0.4, -0.2) is 4.98 Å². The van der Waals surface area contributed by atoms with Gasteiger partial charge in [-0.2, -0.15) is 0 Å². The Kier molecular flexibility index (Phi) is 3.80. The quantitative estimate of drug-likeness (QED) is 0.922. The van der Waals surface area contributed by atoms with Gasteiger partial charge in [0, 0.05) is 22.2 Å². The smallest absolute Gasteiger partial charge is 0.126 e. The van der Waals surface area contributed by atoms with Crippen LogP contribution in [-0.2, 0) is 6.54 Å². The summed E-state index contributed by atoms with van der Waals surface area (Å²) in [5, 5.41) is 3.97. The number of pyridine rings is 1. The highest BCUT2D eigenvalue weighted by molar-refractivity contribution is 9.10. The molecule has 1 N–H and O–H groups in total. The van der Waals surface area contributed by atoms with Gasteiger partial charge in [-0.1, -0.05) is 33.6 Å². The molecule has 2 nitrogen and oxygen atoms in total. The zero-order chi connectivity index (χ0) is 11.4. The molecule has 0 amide bonds. The lowest BCUT2D eigenvalue weighted by Crippen LogP contribution is -2.01. The Morgan fingerprint density at radius 3 is 2.88 bits per heavy atom. The Bertz CT molecular complexity index is 474. The molecule has 0 radical (unpaired) electrons. The molecule has 2 aromatic rings. The van der Waals surface area contributed by atoms with E-state index in [1.807, 2.05) is 36.4 Å². The molecule has 1 aromatic carbocycles. The van der Waals surface area contributed by atoms with Crippen LogP contribution < -0.4 is 5.32 Å². The fourth-order valence-electron chi connectivity index (χ4n) is 1.33. The third-order valence-corrected chi connectivity index (χ3v) is 3.14. The van der Waals surface area contributed by atoms with Crippen molar-refractivity contribution in [2.45, 2.75) is 6.54 Å². The van der Waals surface area contributed by atoms with Crippen molar-refractivity contribution in [2.75, 3.05) is 5.32 Å². The maximum absolute atomic E-state index is 5.93. The molecule has 0 aliphatic rings. The summed E-state index contributed by atoms with van der Waals surface area (Å²) in [6.07, 6.45) is 1.76. The minimum Gasteiger partial charge on any atom is -0.366 e. The Morgan fingerprint density at radius 1 is 1.25 bits per heavy atom. The largest absolute Gasteiger partial charge is 0.366 e. The lowest BCUT2D eigenvalue weighted by Gasteiger charge is -2.07. The molecule has 1 aromatic heterocycles. The molecule has 82 valence electrons. The van der Waals surface area contributed by atoms with Crippen LogP contribution in [0.3, 0.4) is 0 Å². The molecule has 2 rings (SSSR count). The van der Waals surface area contributed by atoms with E-state index in [0.29, 0.717) is 6.54 Å². The highest BCUT2D eigenvalue weighted by atomic mass is 79.9. The molecule has 0 unspecified atom stereocenters. The average Bonchev–Trinajstić information content (AvgIpc) is 2.32. The van der Waals surface area contributed by atoms with E-state index in [4.69, 9.17) is 11.6 Å². The highest BCUT2D eigenvalue weighted by Gasteiger charge is 2.01. The van der Waals surface area contributed by atoms with Gasteiger partial charge < -0.3 is 5.32 Å². The summed E-state index contributed by atoms with van der Waals surface area (Å²) in [5.41, 5.74) is 1.11. The number of hydrogen-bond acceptors (Lipinski definition) is 2. The molecule has 0 saturated carbocycles. The molecule has 0 atom stereocenters. The maximum Gasteiger partial charge on any atom is 0.126 e. The fraction of sp³-hybridized carbons (Fsp3) is 0.0833. The molecule has 0 saturated heterocycles. The van der Waals surface area contributed by atoms with Gasteiger partial charge in [0.15, 0.2) is 0 Å². The lowest BCUT2D eigenvalue weighted by atomic mass is 10.2. The number of nitrogens with one attached hydrogen (secondary N) is 1. The molecule has 0 bridgehead atoms. The van der Waals surface area contributed by atoms with Gasteiger partial charge in [0.05, 0.1) is 0 Å². The van der Waals surface area contributed by atoms with E-state index in [1.165, 1.54) is 0 Å². The van der Waals surface area contributed by atoms with E-state index in [1.54, 1.807) is 6.20 Å². The third kappa shape index (κ3) is 2.97. The number of hydrogen-bond donors (Lipinski definition) is 1. The predicted molar refractivity (Wildman–Crippen MR) is 70.7 cm³/mol. The zero-order valence-corrected chi connectivity index (χ0v) is 10.8. The van der Waals surface area contributed by atoms with E-state index in [9.17, 15) is 0 Å². The second-order valence-electron chi connectivity index (χ2n) is 3.30. The number of anilines is 1. The molecule has 0 aliphatic carbocycles. The van der Waals surface area contributed by atoms with Crippen LogP contribution in [0.2, 0.25) is 5.02 Å². The summed E-state index contributed by atoms with van der Waals surface area (Å²) in [5.74, 6) is 0.856. The first kappa shape index (κ1) is 11.4. The second kappa shape index (κ2) is 5.32. The minimum absolute atomic E-state index is 0.693. The number of benzene rings is 1. The monoisotopic (exact) mass is 296 g/mol. The first-order valence-corrected chi connectivity index (χ1v) is 6.01. The Hall–Kier alpha value is -1.06. The maximum atomic E-state index is 5.93. The van der Waals surface area contributed by atoms with E-state index >= 15 is 0 Å². The van der Waals surface area contributed by atoms with Crippen LogP contribution in [0.25, 0.3) is 0 Å². The van der Waals surface area contributed by atoms with Gasteiger partial charge in [0.25, 0.3) is 0 Å². The van der Waals surface area contributed by atoms with Crippen molar-refractivity contribution in [1.82, 2.24) is 4.98 Å². The van der Waals surface area contributed by atoms with Crippen LogP contribution in [0.5, 0.6) is 0 Å². The standard InChI is InChI=1S/C12H10BrClN2/c13-11-5-4-10(14)7-9(11)8-16-12-3-1-2-6-15-12/h1-7H,8H2,(H,15,16). The lowest BCUT2D eigenvalue weighted by molar-refractivity contribution is 1.10. The fourth-order valence-corrected chi connectivity index (χ4v) is 1.91. The summed E-state index contributed by atoms with van der Waals surface area (Å²) in [7, 11) is 0. The van der Waals surface area contributed by atoms with Crippen molar-refractivity contribution < 1.29 is 0 Å². The normalized spacial score (nSPS) is 10.1. The number of halogens is 2. The summed E-state index contributed by atoms with van der Waals surface area (Å²) >= 11 is 9.42. The van der Waals surface area contributed by atoms with Gasteiger partial charge in [-0.3, -0.25) is 0 Å². The van der Waals surface area contributed by atoms with Crippen molar-refractivity contribution in [3.8, 4) is 0 Å². The summed E-state index contributed by atoms with van der Waals surface area (Å²) in [6.45, 7) is 0.693. The van der Waals surface area contributed by atoms with Crippen LogP contribution >= 0.6 is 27.5 Å². The summed E-state index contributed by atoms with van der Waals surface area (Å²) < 4.78 is 1.04. The third-order valence-electron chi connectivity index (χ3n) is 2.13. The van der Waals surface area contributed by atoms with Crippen molar-refractivity contribution >= 4 is 33.3 Å². The molecule has 0 aliphatic heterocycles. The van der Waals surface area contributed by atoms with Gasteiger partial charge >= 0.3 is 0 Å². The van der Waals surface area contributed by atoms with Gasteiger partial charge in [-0.05, 0) is 35.9 Å². The molecule has 16 heavy (non-hydrogen) atoms. The average molecular weight is 298 g/mol. The highest BCUT2D eigenvalue weighted by Crippen LogP contribution is 2.21. The van der Waals surface area contributed by atoms with Gasteiger partial charge in [-0.15, -0.1) is 0 Å². The number of nitrogens with zero attached hydrogens (tertiary/aromatic N) is 1. The summed E-state index contributed by atoms with van der Waals surface area (Å²) in [4.78, 5) is 4.19. The van der Waals surface area contributed by atoms with E-state index in [0.717, 1.165) is 20.9 Å². The van der Waals surface area contributed by atoms with Crippen molar-refractivity contribution in [3.63, 3.8) is 0 Å². The molecule has 0 spiro atoms. The molecule has 1 heterocycles. The van der Waals surface area contributed by atoms with E-state index in [-0.39, 0.29) is 0 Å². The van der Waals surface area contributed by atoms with Gasteiger partial charge in [0.1, 0.15) is 5.82 Å². The predicted octanol–water partition coefficient (Wildman–Crippen LogP) is 4.11. The Labute approximate surface area is 108 Å². The van der Waals surface area contributed by atoms with E-state index < -0.39 is 0 Å². The van der Waals surface area contributed by atoms with Crippen LogP contribution in [0.15, 0.2) is 47.1 Å². The van der Waals surface area contributed by atoms with Gasteiger partial charge in [-0.25, -0.2) is 4.98 Å². The second-order valence-corrected chi connectivity index (χ2v) is 4.60. The Balaban J connectivity index is 2.08. The molecule has 0 fully saturated rings. The first-order valence-electron chi connectivity index (χ1n) is 4.84. The molecule has 4 heteroatoms. The molecular weight excluding hydrogens is 288 g/mol. The van der Waals surface area contributed by atoms with E-state index in [2.05, 4.69) is 26.2 Å². The Morgan fingerprint density at radius 2 is 2.12 bits per heavy atom. The zero-order valence-electron chi connectivity index (χ0n) is 8.45. The first-order chi connectivity index (χ1) is 7.75. The van der Waals surface area contributed by atoms with Crippen LogP contribution in [0.4, 0.5) is 5.82 Å².